The average molecular weight is 426 g/mol. The van der Waals surface area contributed by atoms with Gasteiger partial charge in [-0.25, -0.2) is 15.0 Å². The number of ether oxygens (including phenoxy) is 1. The van der Waals surface area contributed by atoms with Gasteiger partial charge >= 0.3 is 5.97 Å². The van der Waals surface area contributed by atoms with Crippen molar-refractivity contribution in [1.29, 1.82) is 0 Å². The molecule has 3 aromatic rings. The van der Waals surface area contributed by atoms with E-state index in [4.69, 9.17) is 4.74 Å². The van der Waals surface area contributed by atoms with Crippen LogP contribution in [0.1, 0.15) is 34.6 Å². The molecular formula is C21H23N5O3S. The maximum Gasteiger partial charge on any atom is 0.309 e. The third-order valence-electron chi connectivity index (χ3n) is 5.35. The molecule has 1 aliphatic rings. The molecule has 0 amide bonds. The van der Waals surface area contributed by atoms with E-state index in [1.54, 1.807) is 24.7 Å². The van der Waals surface area contributed by atoms with Crippen molar-refractivity contribution in [3.63, 3.8) is 0 Å². The third-order valence-corrected chi connectivity index (χ3v) is 6.11. The predicted molar refractivity (Wildman–Crippen MR) is 113 cm³/mol. The minimum atomic E-state index is -0.314. The lowest BCUT2D eigenvalue weighted by Gasteiger charge is -2.30. The summed E-state index contributed by atoms with van der Waals surface area (Å²) in [5.41, 5.74) is 2.29. The molecule has 0 saturated carbocycles. The molecule has 4 rings (SSSR count). The largest absolute Gasteiger partial charge is 0.457 e. The van der Waals surface area contributed by atoms with Gasteiger partial charge in [0, 0.05) is 54.0 Å². The Morgan fingerprint density at radius 2 is 1.87 bits per heavy atom. The second-order valence-electron chi connectivity index (χ2n) is 7.28. The predicted octanol–water partition coefficient (Wildman–Crippen LogP) is 2.98. The van der Waals surface area contributed by atoms with Crippen LogP contribution in [-0.2, 0) is 9.53 Å². The number of rotatable bonds is 6. The van der Waals surface area contributed by atoms with Crippen molar-refractivity contribution in [2.75, 3.05) is 24.6 Å². The van der Waals surface area contributed by atoms with Crippen LogP contribution in [0, 0.1) is 19.8 Å². The molecule has 0 N–H and O–H groups in total. The average Bonchev–Trinajstić information content (AvgIpc) is 3.40. The molecule has 0 atom stereocenters. The van der Waals surface area contributed by atoms with Crippen LogP contribution < -0.4 is 4.90 Å². The van der Waals surface area contributed by atoms with E-state index in [-0.39, 0.29) is 24.3 Å². The highest BCUT2D eigenvalue weighted by atomic mass is 32.1. The second-order valence-corrected chi connectivity index (χ2v) is 8.15. The van der Waals surface area contributed by atoms with Gasteiger partial charge in [-0.2, -0.15) is 0 Å². The van der Waals surface area contributed by atoms with Gasteiger partial charge in [0.15, 0.2) is 11.7 Å². The van der Waals surface area contributed by atoms with Gasteiger partial charge in [0.1, 0.15) is 0 Å². The number of hydrogen-bond acceptors (Lipinski definition) is 8. The van der Waals surface area contributed by atoms with E-state index in [2.05, 4.69) is 19.9 Å². The number of anilines is 1. The summed E-state index contributed by atoms with van der Waals surface area (Å²) < 4.78 is 7.32. The maximum atomic E-state index is 12.7. The van der Waals surface area contributed by atoms with Gasteiger partial charge in [0.2, 0.25) is 11.7 Å². The topological polar surface area (TPSA) is 90.2 Å². The smallest absolute Gasteiger partial charge is 0.309 e. The van der Waals surface area contributed by atoms with Crippen LogP contribution in [0.5, 0.6) is 0 Å². The van der Waals surface area contributed by atoms with Crippen LogP contribution in [0.25, 0.3) is 5.13 Å². The molecule has 0 aromatic carbocycles. The summed E-state index contributed by atoms with van der Waals surface area (Å²) in [6, 6.07) is 3.60. The first-order chi connectivity index (χ1) is 14.5. The number of esters is 1. The van der Waals surface area contributed by atoms with Crippen LogP contribution in [0.3, 0.4) is 0 Å². The van der Waals surface area contributed by atoms with Crippen LogP contribution in [0.15, 0.2) is 36.1 Å². The fourth-order valence-electron chi connectivity index (χ4n) is 3.77. The molecule has 0 spiro atoms. The van der Waals surface area contributed by atoms with Gasteiger partial charge < -0.3 is 9.64 Å². The Labute approximate surface area is 178 Å². The summed E-state index contributed by atoms with van der Waals surface area (Å²) in [5, 5.41) is 2.71. The molecule has 0 aliphatic carbocycles. The van der Waals surface area contributed by atoms with Crippen molar-refractivity contribution in [2.24, 2.45) is 5.92 Å². The highest BCUT2D eigenvalue weighted by molar-refractivity contribution is 7.12. The zero-order valence-corrected chi connectivity index (χ0v) is 17.8. The first-order valence-electron chi connectivity index (χ1n) is 9.85. The normalized spacial score (nSPS) is 14.7. The Hall–Kier alpha value is -3.07. The molecule has 1 saturated heterocycles. The summed E-state index contributed by atoms with van der Waals surface area (Å²) in [6.07, 6.45) is 6.46. The number of nitrogens with zero attached hydrogens (tertiary/aromatic N) is 5. The number of carbonyl (C=O) groups excluding carboxylic acids is 2. The van der Waals surface area contributed by atoms with Crippen LogP contribution in [0.2, 0.25) is 0 Å². The van der Waals surface area contributed by atoms with Gasteiger partial charge in [-0.05, 0) is 38.8 Å². The molecule has 1 aliphatic heterocycles. The summed E-state index contributed by atoms with van der Waals surface area (Å²) in [4.78, 5) is 40.0. The number of carbonyl (C=O) groups is 2. The number of thiazole rings is 1. The highest BCUT2D eigenvalue weighted by Gasteiger charge is 2.28. The van der Waals surface area contributed by atoms with E-state index in [0.717, 1.165) is 16.5 Å². The summed E-state index contributed by atoms with van der Waals surface area (Å²) in [6.45, 7) is 4.94. The van der Waals surface area contributed by atoms with Crippen molar-refractivity contribution < 1.29 is 14.3 Å². The zero-order valence-electron chi connectivity index (χ0n) is 16.9. The van der Waals surface area contributed by atoms with Gasteiger partial charge in [-0.3, -0.25) is 14.2 Å². The molecule has 0 bridgehead atoms. The summed E-state index contributed by atoms with van der Waals surface area (Å²) in [7, 11) is 0. The molecule has 0 unspecified atom stereocenters. The number of ketones is 1. The van der Waals surface area contributed by atoms with E-state index in [9.17, 15) is 9.59 Å². The van der Waals surface area contributed by atoms with E-state index in [1.165, 1.54) is 11.3 Å². The van der Waals surface area contributed by atoms with E-state index >= 15 is 0 Å². The minimum Gasteiger partial charge on any atom is -0.457 e. The van der Waals surface area contributed by atoms with Crippen molar-refractivity contribution in [2.45, 2.75) is 26.7 Å². The van der Waals surface area contributed by atoms with Crippen molar-refractivity contribution in [3.8, 4) is 5.13 Å². The Kier molecular flexibility index (Phi) is 5.89. The quantitative estimate of drug-likeness (QED) is 0.443. The second kappa shape index (κ2) is 8.74. The van der Waals surface area contributed by atoms with Gasteiger partial charge in [-0.1, -0.05) is 0 Å². The molecule has 0 radical (unpaired) electrons. The van der Waals surface area contributed by atoms with Gasteiger partial charge in [0.05, 0.1) is 5.92 Å². The lowest BCUT2D eigenvalue weighted by molar-refractivity contribution is -0.148. The van der Waals surface area contributed by atoms with Gasteiger partial charge in [-0.15, -0.1) is 11.3 Å². The highest BCUT2D eigenvalue weighted by Crippen LogP contribution is 2.24. The fraction of sp³-hybridized carbons (Fsp3) is 0.381. The number of hydrogen-bond donors (Lipinski definition) is 0. The molecule has 8 nitrogen and oxygen atoms in total. The monoisotopic (exact) mass is 425 g/mol. The van der Waals surface area contributed by atoms with Crippen LogP contribution >= 0.6 is 11.3 Å². The molecule has 4 heterocycles. The minimum absolute atomic E-state index is 0.200. The van der Waals surface area contributed by atoms with Gasteiger partial charge in [0.25, 0.3) is 0 Å². The van der Waals surface area contributed by atoms with Crippen LogP contribution in [-0.4, -0.2) is 51.0 Å². The van der Waals surface area contributed by atoms with Crippen molar-refractivity contribution >= 4 is 29.0 Å². The zero-order chi connectivity index (χ0) is 21.1. The number of piperidine rings is 1. The third kappa shape index (κ3) is 4.11. The Bertz CT molecular complexity index is 1020. The molecule has 30 heavy (non-hydrogen) atoms. The SMILES string of the molecule is Cc1cc(C(=O)COC(=O)C2CCN(c3ncccn3)CC2)c(C)n1-c1nccs1. The lowest BCUT2D eigenvalue weighted by Crippen LogP contribution is -2.38. The molecule has 156 valence electrons. The van der Waals surface area contributed by atoms with Crippen molar-refractivity contribution in [1.82, 2.24) is 19.5 Å². The molecule has 1 fully saturated rings. The maximum absolute atomic E-state index is 12.7. The number of aryl methyl sites for hydroxylation is 1. The number of Topliss-reactive ketones (excluding diaryl/α,β-unsaturated/α-hetero) is 1. The van der Waals surface area contributed by atoms with Crippen LogP contribution in [0.4, 0.5) is 5.95 Å². The lowest BCUT2D eigenvalue weighted by atomic mass is 9.97. The molecule has 3 aromatic heterocycles. The first-order valence-corrected chi connectivity index (χ1v) is 10.7. The standard InChI is InChI=1S/C21H23N5O3S/c1-14-12-17(15(2)26(14)21-24-8-11-30-21)18(27)13-29-19(28)16-4-9-25(10-5-16)20-22-6-3-7-23-20/h3,6-8,11-12,16H,4-5,9-10,13H2,1-2H3. The van der Waals surface area contributed by atoms with E-state index in [0.29, 0.717) is 37.4 Å². The van der Waals surface area contributed by atoms with E-state index in [1.807, 2.05) is 29.9 Å². The number of aromatic nitrogens is 4. The molecular weight excluding hydrogens is 402 g/mol. The fourth-order valence-corrected chi connectivity index (χ4v) is 4.52. The summed E-state index contributed by atoms with van der Waals surface area (Å²) in [5.74, 6) is -0.0457. The van der Waals surface area contributed by atoms with Crippen molar-refractivity contribution in [3.05, 3.63) is 53.1 Å². The Morgan fingerprint density at radius 1 is 1.13 bits per heavy atom. The molecule has 9 heteroatoms. The Morgan fingerprint density at radius 3 is 2.53 bits per heavy atom. The van der Waals surface area contributed by atoms with E-state index < -0.39 is 0 Å². The first kappa shape index (κ1) is 20.2. The summed E-state index contributed by atoms with van der Waals surface area (Å²) >= 11 is 1.51. The Balaban J connectivity index is 1.33.